The van der Waals surface area contributed by atoms with Crippen LogP contribution in [0.5, 0.6) is 0 Å². The Bertz CT molecular complexity index is 433. The van der Waals surface area contributed by atoms with Crippen LogP contribution in [0.15, 0.2) is 23.4 Å². The van der Waals surface area contributed by atoms with Crippen molar-refractivity contribution in [3.8, 4) is 0 Å². The molecule has 0 saturated heterocycles. The van der Waals surface area contributed by atoms with Gasteiger partial charge in [-0.1, -0.05) is 31.1 Å². The number of nitrogens with zero attached hydrogens (tertiary/aromatic N) is 1. The van der Waals surface area contributed by atoms with Gasteiger partial charge in [0.1, 0.15) is 5.82 Å². The molecule has 0 unspecified atom stereocenters. The fraction of sp³-hybridized carbons (Fsp3) is 0.500. The predicted molar refractivity (Wildman–Crippen MR) is 72.6 cm³/mol. The number of rotatable bonds is 7. The molecule has 0 aliphatic heterocycles. The second-order valence-corrected chi connectivity index (χ2v) is 4.85. The predicted octanol–water partition coefficient (Wildman–Crippen LogP) is 2.87. The summed E-state index contributed by atoms with van der Waals surface area (Å²) in [5.74, 6) is -0.0926. The van der Waals surface area contributed by atoms with Crippen molar-refractivity contribution in [1.82, 2.24) is 0 Å². The van der Waals surface area contributed by atoms with E-state index >= 15 is 0 Å². The lowest BCUT2D eigenvalue weighted by Crippen LogP contribution is -2.16. The quantitative estimate of drug-likeness (QED) is 0.263. The molecule has 1 aromatic rings. The summed E-state index contributed by atoms with van der Waals surface area (Å²) in [5.41, 5.74) is 5.89. The summed E-state index contributed by atoms with van der Waals surface area (Å²) >= 11 is 0. The Balaban J connectivity index is 2.55. The number of amidine groups is 1. The van der Waals surface area contributed by atoms with E-state index in [2.05, 4.69) is 19.0 Å². The maximum atomic E-state index is 14.0. The zero-order valence-electron chi connectivity index (χ0n) is 11.4. The molecule has 1 rings (SSSR count). The van der Waals surface area contributed by atoms with Gasteiger partial charge < -0.3 is 15.7 Å². The second-order valence-electron chi connectivity index (χ2n) is 4.85. The van der Waals surface area contributed by atoms with Gasteiger partial charge in [-0.15, -0.1) is 0 Å². The minimum absolute atomic E-state index is 0.0887. The van der Waals surface area contributed by atoms with Crippen LogP contribution in [0.3, 0.4) is 0 Å². The largest absolute Gasteiger partial charge is 0.409 e. The van der Waals surface area contributed by atoms with Crippen LogP contribution < -0.4 is 5.73 Å². The van der Waals surface area contributed by atoms with Crippen molar-refractivity contribution in [3.63, 3.8) is 0 Å². The van der Waals surface area contributed by atoms with Crippen molar-refractivity contribution in [1.29, 1.82) is 0 Å². The lowest BCUT2D eigenvalue weighted by atomic mass is 10.1. The van der Waals surface area contributed by atoms with Gasteiger partial charge in [-0.25, -0.2) is 4.39 Å². The first-order valence-electron chi connectivity index (χ1n) is 6.39. The highest BCUT2D eigenvalue weighted by Crippen LogP contribution is 2.14. The molecule has 0 radical (unpaired) electrons. The minimum Gasteiger partial charge on any atom is -0.409 e. The number of hydrogen-bond donors (Lipinski definition) is 2. The molecule has 0 bridgehead atoms. The van der Waals surface area contributed by atoms with E-state index in [-0.39, 0.29) is 18.0 Å². The molecule has 0 amide bonds. The standard InChI is InChI=1S/C14H21FN2O2/c1-10(2)5-4-8-19-9-11-6-3-7-12(13(11)15)14(16)17-18/h3,6-7,10,18H,4-5,8-9H2,1-2H3,(H2,16,17). The zero-order chi connectivity index (χ0) is 14.3. The molecule has 106 valence electrons. The monoisotopic (exact) mass is 268 g/mol. The third-order valence-corrected chi connectivity index (χ3v) is 2.79. The number of hydrogen-bond acceptors (Lipinski definition) is 3. The molecule has 0 atom stereocenters. The van der Waals surface area contributed by atoms with Crippen LogP contribution in [0.1, 0.15) is 37.8 Å². The van der Waals surface area contributed by atoms with Gasteiger partial charge in [-0.2, -0.15) is 0 Å². The molecule has 1 aromatic carbocycles. The summed E-state index contributed by atoms with van der Waals surface area (Å²) in [7, 11) is 0. The van der Waals surface area contributed by atoms with Crippen LogP contribution in [0.25, 0.3) is 0 Å². The van der Waals surface area contributed by atoms with Gasteiger partial charge in [0.25, 0.3) is 0 Å². The molecule has 3 N–H and O–H groups in total. The van der Waals surface area contributed by atoms with Crippen LogP contribution in [-0.4, -0.2) is 17.6 Å². The average molecular weight is 268 g/mol. The van der Waals surface area contributed by atoms with Gasteiger partial charge in [0.15, 0.2) is 5.84 Å². The molecule has 0 fully saturated rings. The third-order valence-electron chi connectivity index (χ3n) is 2.79. The Morgan fingerprint density at radius 1 is 1.47 bits per heavy atom. The first kappa shape index (κ1) is 15.4. The van der Waals surface area contributed by atoms with Gasteiger partial charge >= 0.3 is 0 Å². The normalized spacial score (nSPS) is 12.1. The maximum absolute atomic E-state index is 14.0. The van der Waals surface area contributed by atoms with Gasteiger partial charge in [0.05, 0.1) is 12.2 Å². The van der Waals surface area contributed by atoms with Crippen molar-refractivity contribution < 1.29 is 14.3 Å². The number of benzene rings is 1. The highest BCUT2D eigenvalue weighted by molar-refractivity contribution is 5.97. The van der Waals surface area contributed by atoms with Crippen molar-refractivity contribution >= 4 is 5.84 Å². The minimum atomic E-state index is -0.498. The topological polar surface area (TPSA) is 67.8 Å². The van der Waals surface area contributed by atoms with Gasteiger partial charge in [0, 0.05) is 12.2 Å². The fourth-order valence-corrected chi connectivity index (χ4v) is 1.72. The molecule has 5 heteroatoms. The maximum Gasteiger partial charge on any atom is 0.173 e. The van der Waals surface area contributed by atoms with Crippen LogP contribution in [0.4, 0.5) is 4.39 Å². The SMILES string of the molecule is CC(C)CCCOCc1cccc(/C(N)=N/O)c1F. The summed E-state index contributed by atoms with van der Waals surface area (Å²) in [6.07, 6.45) is 2.05. The number of oxime groups is 1. The molecule has 0 aliphatic carbocycles. The van der Waals surface area contributed by atoms with E-state index in [1.54, 1.807) is 12.1 Å². The van der Waals surface area contributed by atoms with E-state index in [1.165, 1.54) is 6.07 Å². The highest BCUT2D eigenvalue weighted by atomic mass is 19.1. The fourth-order valence-electron chi connectivity index (χ4n) is 1.72. The molecule has 0 saturated carbocycles. The van der Waals surface area contributed by atoms with E-state index < -0.39 is 5.82 Å². The summed E-state index contributed by atoms with van der Waals surface area (Å²) in [4.78, 5) is 0. The molecule has 0 aromatic heterocycles. The molecule has 0 spiro atoms. The Morgan fingerprint density at radius 2 is 2.21 bits per heavy atom. The zero-order valence-corrected chi connectivity index (χ0v) is 11.4. The Labute approximate surface area is 113 Å². The molecule has 0 heterocycles. The molecule has 19 heavy (non-hydrogen) atoms. The summed E-state index contributed by atoms with van der Waals surface area (Å²) in [6.45, 7) is 5.10. The lowest BCUT2D eigenvalue weighted by molar-refractivity contribution is 0.112. The Kier molecular flexibility index (Phi) is 6.29. The molecular formula is C14H21FN2O2. The number of halogens is 1. The smallest absolute Gasteiger partial charge is 0.173 e. The van der Waals surface area contributed by atoms with Crippen LogP contribution in [0.2, 0.25) is 0 Å². The first-order chi connectivity index (χ1) is 9.06. The highest BCUT2D eigenvalue weighted by Gasteiger charge is 2.11. The van der Waals surface area contributed by atoms with Crippen molar-refractivity contribution in [3.05, 3.63) is 35.1 Å². The number of ether oxygens (including phenoxy) is 1. The third kappa shape index (κ3) is 4.87. The number of nitrogens with two attached hydrogens (primary N) is 1. The first-order valence-corrected chi connectivity index (χ1v) is 6.39. The Morgan fingerprint density at radius 3 is 2.84 bits per heavy atom. The Hall–Kier alpha value is -1.62. The van der Waals surface area contributed by atoms with Gasteiger partial charge in [-0.3, -0.25) is 0 Å². The van der Waals surface area contributed by atoms with E-state index in [9.17, 15) is 4.39 Å². The summed E-state index contributed by atoms with van der Waals surface area (Å²) in [5, 5.41) is 11.4. The lowest BCUT2D eigenvalue weighted by Gasteiger charge is -2.09. The van der Waals surface area contributed by atoms with E-state index in [4.69, 9.17) is 15.7 Å². The summed E-state index contributed by atoms with van der Waals surface area (Å²) < 4.78 is 19.4. The van der Waals surface area contributed by atoms with E-state index in [0.29, 0.717) is 18.1 Å². The van der Waals surface area contributed by atoms with E-state index in [0.717, 1.165) is 12.8 Å². The van der Waals surface area contributed by atoms with Gasteiger partial charge in [0.2, 0.25) is 0 Å². The van der Waals surface area contributed by atoms with Crippen LogP contribution in [-0.2, 0) is 11.3 Å². The van der Waals surface area contributed by atoms with E-state index in [1.807, 2.05) is 0 Å². The molecule has 4 nitrogen and oxygen atoms in total. The molecular weight excluding hydrogens is 247 g/mol. The average Bonchev–Trinajstić information content (AvgIpc) is 2.39. The second kappa shape index (κ2) is 7.74. The summed E-state index contributed by atoms with van der Waals surface area (Å²) in [6, 6.07) is 4.75. The van der Waals surface area contributed by atoms with Crippen molar-refractivity contribution in [2.45, 2.75) is 33.3 Å². The van der Waals surface area contributed by atoms with Crippen molar-refractivity contribution in [2.75, 3.05) is 6.61 Å². The van der Waals surface area contributed by atoms with Crippen LogP contribution >= 0.6 is 0 Å². The van der Waals surface area contributed by atoms with Crippen molar-refractivity contribution in [2.24, 2.45) is 16.8 Å². The molecule has 0 aliphatic rings. The van der Waals surface area contributed by atoms with Crippen LogP contribution in [0, 0.1) is 11.7 Å². The van der Waals surface area contributed by atoms with Gasteiger partial charge in [-0.05, 0) is 24.8 Å².